The molecule has 0 aromatic rings. The van der Waals surface area contributed by atoms with Gasteiger partial charge in [-0.3, -0.25) is 37.3 Å². The van der Waals surface area contributed by atoms with Crippen molar-refractivity contribution in [3.8, 4) is 0 Å². The van der Waals surface area contributed by atoms with Gasteiger partial charge >= 0.3 is 39.5 Å². The number of phosphoric ester groups is 2. The molecular weight excluding hydrogens is 1320 g/mol. The molecule has 0 saturated heterocycles. The van der Waals surface area contributed by atoms with Crippen LogP contribution in [-0.2, 0) is 65.4 Å². The fourth-order valence-electron chi connectivity index (χ4n) is 12.7. The summed E-state index contributed by atoms with van der Waals surface area (Å²) in [6, 6.07) is 0. The molecule has 0 amide bonds. The summed E-state index contributed by atoms with van der Waals surface area (Å²) in [5.74, 6) is -0.614. The van der Waals surface area contributed by atoms with Crippen molar-refractivity contribution in [1.29, 1.82) is 0 Å². The summed E-state index contributed by atoms with van der Waals surface area (Å²) in [5, 5.41) is 10.6. The molecule has 0 radical (unpaired) electrons. The van der Waals surface area contributed by atoms with Crippen LogP contribution in [0.3, 0.4) is 0 Å². The third-order valence-corrected chi connectivity index (χ3v) is 21.5. The van der Waals surface area contributed by atoms with E-state index in [1.165, 1.54) is 250 Å². The molecule has 0 rings (SSSR count). The van der Waals surface area contributed by atoms with E-state index < -0.39 is 97.5 Å². The van der Waals surface area contributed by atoms with Gasteiger partial charge in [0, 0.05) is 25.7 Å². The molecule has 0 saturated carbocycles. The Morgan fingerprint density at radius 2 is 0.505 bits per heavy atom. The van der Waals surface area contributed by atoms with Gasteiger partial charge in [-0.2, -0.15) is 0 Å². The maximum Gasteiger partial charge on any atom is 0.472 e. The van der Waals surface area contributed by atoms with Crippen molar-refractivity contribution in [3.63, 3.8) is 0 Å². The largest absolute Gasteiger partial charge is 0.472 e. The van der Waals surface area contributed by atoms with Crippen molar-refractivity contribution >= 4 is 39.5 Å². The average Bonchev–Trinajstić information content (AvgIpc) is 0.948. The molecule has 0 bridgehead atoms. The molecule has 0 heterocycles. The van der Waals surface area contributed by atoms with Crippen LogP contribution in [0.25, 0.3) is 0 Å². The van der Waals surface area contributed by atoms with Gasteiger partial charge in [-0.15, -0.1) is 0 Å². The zero-order valence-electron chi connectivity index (χ0n) is 66.2. The number of hydrogen-bond acceptors (Lipinski definition) is 15. The lowest BCUT2D eigenvalue weighted by molar-refractivity contribution is -0.161. The van der Waals surface area contributed by atoms with Gasteiger partial charge in [-0.1, -0.05) is 382 Å². The van der Waals surface area contributed by atoms with Gasteiger partial charge in [0.1, 0.15) is 19.3 Å². The predicted octanol–water partition coefficient (Wildman–Crippen LogP) is 24.7. The summed E-state index contributed by atoms with van der Waals surface area (Å²) in [6.45, 7) is 9.60. The summed E-state index contributed by atoms with van der Waals surface area (Å²) in [5.41, 5.74) is 0. The van der Waals surface area contributed by atoms with Crippen LogP contribution in [0.15, 0.2) is 0 Å². The third-order valence-electron chi connectivity index (χ3n) is 19.6. The summed E-state index contributed by atoms with van der Waals surface area (Å²) < 4.78 is 68.7. The molecule has 3 unspecified atom stereocenters. The van der Waals surface area contributed by atoms with Crippen LogP contribution >= 0.6 is 15.6 Å². The molecule has 600 valence electrons. The van der Waals surface area contributed by atoms with E-state index in [-0.39, 0.29) is 25.7 Å². The van der Waals surface area contributed by atoms with Crippen molar-refractivity contribution in [2.45, 2.75) is 452 Å². The highest BCUT2D eigenvalue weighted by molar-refractivity contribution is 7.47. The molecule has 0 spiro atoms. The Bertz CT molecular complexity index is 1940. The molecule has 0 fully saturated rings. The van der Waals surface area contributed by atoms with E-state index in [2.05, 4.69) is 41.5 Å². The number of ether oxygens (including phenoxy) is 4. The van der Waals surface area contributed by atoms with Crippen LogP contribution in [0, 0.1) is 11.8 Å². The molecular formula is C82H160O17P2. The van der Waals surface area contributed by atoms with Gasteiger partial charge in [0.25, 0.3) is 0 Å². The maximum absolute atomic E-state index is 13.1. The highest BCUT2D eigenvalue weighted by Gasteiger charge is 2.30. The van der Waals surface area contributed by atoms with Crippen LogP contribution in [0.2, 0.25) is 0 Å². The fourth-order valence-corrected chi connectivity index (χ4v) is 14.3. The molecule has 0 aliphatic heterocycles. The van der Waals surface area contributed by atoms with Gasteiger partial charge in [-0.05, 0) is 37.5 Å². The number of unbranched alkanes of at least 4 members (excludes halogenated alkanes) is 50. The number of carbonyl (C=O) groups excluding carboxylic acids is 4. The summed E-state index contributed by atoms with van der Waals surface area (Å²) in [4.78, 5) is 73.0. The fraction of sp³-hybridized carbons (Fsp3) is 0.951. The van der Waals surface area contributed by atoms with Crippen LogP contribution in [0.1, 0.15) is 433 Å². The number of hydrogen-bond donors (Lipinski definition) is 3. The highest BCUT2D eigenvalue weighted by atomic mass is 31.2. The number of esters is 4. The highest BCUT2D eigenvalue weighted by Crippen LogP contribution is 2.45. The average molecular weight is 1480 g/mol. The smallest absolute Gasteiger partial charge is 0.462 e. The van der Waals surface area contributed by atoms with Gasteiger partial charge in [0.15, 0.2) is 12.2 Å². The molecule has 0 aromatic carbocycles. The molecule has 0 aliphatic rings. The first kappa shape index (κ1) is 99.1. The summed E-state index contributed by atoms with van der Waals surface area (Å²) >= 11 is 0. The minimum Gasteiger partial charge on any atom is -0.462 e. The molecule has 19 heteroatoms. The quantitative estimate of drug-likeness (QED) is 0.0222. The van der Waals surface area contributed by atoms with Crippen molar-refractivity contribution < 1.29 is 80.2 Å². The lowest BCUT2D eigenvalue weighted by Gasteiger charge is -2.21. The molecule has 0 aliphatic carbocycles. The number of carbonyl (C=O) groups is 4. The summed E-state index contributed by atoms with van der Waals surface area (Å²) in [6.07, 6.45) is 63.9. The Balaban J connectivity index is 5.23. The number of phosphoric acid groups is 2. The maximum atomic E-state index is 13.1. The second kappa shape index (κ2) is 73.6. The lowest BCUT2D eigenvalue weighted by atomic mass is 9.99. The van der Waals surface area contributed by atoms with Crippen LogP contribution in [0.4, 0.5) is 0 Å². The van der Waals surface area contributed by atoms with Crippen LogP contribution in [0.5, 0.6) is 0 Å². The first-order chi connectivity index (χ1) is 48.9. The Morgan fingerprint density at radius 1 is 0.287 bits per heavy atom. The summed E-state index contributed by atoms with van der Waals surface area (Å²) in [7, 11) is -9.92. The van der Waals surface area contributed by atoms with Crippen molar-refractivity contribution in [2.75, 3.05) is 39.6 Å². The van der Waals surface area contributed by atoms with E-state index >= 15 is 0 Å². The van der Waals surface area contributed by atoms with Gasteiger partial charge in [-0.25, -0.2) is 9.13 Å². The first-order valence-electron chi connectivity index (χ1n) is 42.5. The minimum atomic E-state index is -4.96. The number of rotatable bonds is 81. The molecule has 3 N–H and O–H groups in total. The topological polar surface area (TPSA) is 237 Å². The Labute approximate surface area is 619 Å². The van der Waals surface area contributed by atoms with E-state index in [0.29, 0.717) is 25.7 Å². The van der Waals surface area contributed by atoms with E-state index in [4.69, 9.17) is 37.0 Å². The van der Waals surface area contributed by atoms with Gasteiger partial charge < -0.3 is 33.8 Å². The van der Waals surface area contributed by atoms with Crippen molar-refractivity contribution in [3.05, 3.63) is 0 Å². The van der Waals surface area contributed by atoms with Crippen LogP contribution < -0.4 is 0 Å². The van der Waals surface area contributed by atoms with E-state index in [9.17, 15) is 43.2 Å². The van der Waals surface area contributed by atoms with Crippen LogP contribution in [-0.4, -0.2) is 96.7 Å². The predicted molar refractivity (Wildman–Crippen MR) is 414 cm³/mol. The molecule has 6 atom stereocenters. The second-order valence-corrected chi connectivity index (χ2v) is 33.1. The van der Waals surface area contributed by atoms with E-state index in [0.717, 1.165) is 102 Å². The lowest BCUT2D eigenvalue weighted by Crippen LogP contribution is -2.30. The zero-order chi connectivity index (χ0) is 74.2. The van der Waals surface area contributed by atoms with Gasteiger partial charge in [0.2, 0.25) is 0 Å². The first-order valence-corrected chi connectivity index (χ1v) is 45.5. The van der Waals surface area contributed by atoms with Gasteiger partial charge in [0.05, 0.1) is 26.4 Å². The van der Waals surface area contributed by atoms with E-state index in [1.807, 2.05) is 0 Å². The number of aliphatic hydroxyl groups is 1. The standard InChI is InChI=1S/C82H160O17P2/c1-7-10-12-14-16-18-20-22-24-26-28-29-31-33-35-37-39-48-54-60-66-81(86)98-77(70-92-79(84)64-58-52-46-38-36-34-32-30-27-25-23-21-19-17-15-13-11-8-2)72-96-100(88,89)94-68-76(83)69-95-101(90,91)97-73-78(71-93-80(85)65-59-53-47-42-40-44-50-56-62-74(4)5)99-82(87)67-61-55-49-43-41-45-51-57-63-75(6)9-3/h74-78,83H,7-73H2,1-6H3,(H,88,89)(H,90,91)/t75?,76-,77-,78-/m1/s1. The Morgan fingerprint density at radius 3 is 0.752 bits per heavy atom. The third kappa shape index (κ3) is 74.7. The molecule has 17 nitrogen and oxygen atoms in total. The Hall–Kier alpha value is -1.94. The minimum absolute atomic E-state index is 0.105. The van der Waals surface area contributed by atoms with Crippen molar-refractivity contribution in [1.82, 2.24) is 0 Å². The normalized spacial score (nSPS) is 14.2. The monoisotopic (exact) mass is 1480 g/mol. The zero-order valence-corrected chi connectivity index (χ0v) is 68.0. The number of aliphatic hydroxyl groups excluding tert-OH is 1. The molecule has 0 aromatic heterocycles. The van der Waals surface area contributed by atoms with E-state index in [1.54, 1.807) is 0 Å². The second-order valence-electron chi connectivity index (χ2n) is 30.2. The van der Waals surface area contributed by atoms with Crippen molar-refractivity contribution in [2.24, 2.45) is 11.8 Å². The Kier molecular flexibility index (Phi) is 72.2. The molecule has 101 heavy (non-hydrogen) atoms. The SMILES string of the molecule is CCCCCCCCCCCCCCCCCCCCCCC(=O)O[C@H](COC(=O)CCCCCCCCCCCCCCCCCCCC)COP(=O)(O)OC[C@@H](O)COP(=O)(O)OC[C@@H](COC(=O)CCCCCCCCCCC(C)C)OC(=O)CCCCCCCCCCC(C)CC.